The first-order chi connectivity index (χ1) is 10.7. The summed E-state index contributed by atoms with van der Waals surface area (Å²) < 4.78 is 6.05. The van der Waals surface area contributed by atoms with Crippen molar-refractivity contribution < 1.29 is 14.6 Å². The maximum absolute atomic E-state index is 12.3. The monoisotopic (exact) mass is 296 g/mol. The Bertz CT molecular complexity index is 609. The smallest absolute Gasteiger partial charge is 0.165 e. The summed E-state index contributed by atoms with van der Waals surface area (Å²) in [4.78, 5) is 12.3. The highest BCUT2D eigenvalue weighted by Crippen LogP contribution is 2.32. The van der Waals surface area contributed by atoms with Crippen LogP contribution in [0.15, 0.2) is 60.7 Å². The summed E-state index contributed by atoms with van der Waals surface area (Å²) >= 11 is 0. The lowest BCUT2D eigenvalue weighted by molar-refractivity contribution is -0.0962. The summed E-state index contributed by atoms with van der Waals surface area (Å²) in [6, 6.07) is 19.1. The highest BCUT2D eigenvalue weighted by atomic mass is 16.5. The Morgan fingerprint density at radius 2 is 1.64 bits per heavy atom. The number of carbonyl (C=O) groups excluding carboxylic acids is 1. The molecule has 1 aliphatic rings. The van der Waals surface area contributed by atoms with E-state index in [1.807, 2.05) is 60.7 Å². The second kappa shape index (κ2) is 6.86. The molecule has 1 heterocycles. The molecule has 1 saturated heterocycles. The van der Waals surface area contributed by atoms with Gasteiger partial charge in [0.25, 0.3) is 0 Å². The minimum absolute atomic E-state index is 0.0616. The van der Waals surface area contributed by atoms with Crippen LogP contribution in [0, 0.1) is 0 Å². The average molecular weight is 296 g/mol. The van der Waals surface area contributed by atoms with Crippen molar-refractivity contribution in [2.75, 3.05) is 0 Å². The Morgan fingerprint density at radius 3 is 2.32 bits per heavy atom. The molecule has 0 bridgehead atoms. The van der Waals surface area contributed by atoms with Crippen LogP contribution in [0.3, 0.4) is 0 Å². The molecule has 114 valence electrons. The summed E-state index contributed by atoms with van der Waals surface area (Å²) in [6.07, 6.45) is 0.611. The van der Waals surface area contributed by atoms with Crippen LogP contribution in [-0.4, -0.2) is 23.1 Å². The predicted molar refractivity (Wildman–Crippen MR) is 84.7 cm³/mol. The van der Waals surface area contributed by atoms with E-state index in [0.717, 1.165) is 5.56 Å². The second-order valence-electron chi connectivity index (χ2n) is 5.78. The Kier molecular flexibility index (Phi) is 4.66. The SMILES string of the molecule is O=C(C[C@@H]1C[C@@H](O)C[C@@H](c2ccccc2)O1)c1ccccc1. The quantitative estimate of drug-likeness (QED) is 0.878. The Labute approximate surface area is 130 Å². The fourth-order valence-electron chi connectivity index (χ4n) is 2.95. The fraction of sp³-hybridized carbons (Fsp3) is 0.316. The van der Waals surface area contributed by atoms with Gasteiger partial charge in [0.1, 0.15) is 0 Å². The third kappa shape index (κ3) is 3.62. The van der Waals surface area contributed by atoms with E-state index in [1.54, 1.807) is 0 Å². The van der Waals surface area contributed by atoms with Gasteiger partial charge in [-0.25, -0.2) is 0 Å². The van der Waals surface area contributed by atoms with E-state index in [-0.39, 0.29) is 18.0 Å². The van der Waals surface area contributed by atoms with E-state index in [0.29, 0.717) is 24.8 Å². The minimum Gasteiger partial charge on any atom is -0.393 e. The number of aliphatic hydroxyl groups is 1. The van der Waals surface area contributed by atoms with Crippen LogP contribution in [-0.2, 0) is 4.74 Å². The van der Waals surface area contributed by atoms with Crippen molar-refractivity contribution in [3.63, 3.8) is 0 Å². The normalized spacial score (nSPS) is 24.9. The summed E-state index contributed by atoms with van der Waals surface area (Å²) in [5.41, 5.74) is 1.75. The molecule has 3 nitrogen and oxygen atoms in total. The lowest BCUT2D eigenvalue weighted by Gasteiger charge is -2.33. The van der Waals surface area contributed by atoms with Gasteiger partial charge in [-0.1, -0.05) is 60.7 Å². The fourth-order valence-corrected chi connectivity index (χ4v) is 2.95. The molecule has 3 rings (SSSR count). The van der Waals surface area contributed by atoms with Gasteiger partial charge in [0.05, 0.1) is 18.3 Å². The number of Topliss-reactive ketones (excluding diaryl/α,β-unsaturated/α-hetero) is 1. The third-order valence-electron chi connectivity index (χ3n) is 4.06. The number of benzene rings is 2. The van der Waals surface area contributed by atoms with E-state index >= 15 is 0 Å². The van der Waals surface area contributed by atoms with Gasteiger partial charge in [-0.15, -0.1) is 0 Å². The van der Waals surface area contributed by atoms with Crippen molar-refractivity contribution in [1.29, 1.82) is 0 Å². The predicted octanol–water partition coefficient (Wildman–Crippen LogP) is 3.54. The third-order valence-corrected chi connectivity index (χ3v) is 4.06. The number of ether oxygens (including phenoxy) is 1. The number of rotatable bonds is 4. The van der Waals surface area contributed by atoms with Gasteiger partial charge in [0.15, 0.2) is 5.78 Å². The Hall–Kier alpha value is -1.97. The second-order valence-corrected chi connectivity index (χ2v) is 5.78. The van der Waals surface area contributed by atoms with Crippen molar-refractivity contribution in [3.05, 3.63) is 71.8 Å². The molecule has 22 heavy (non-hydrogen) atoms. The van der Waals surface area contributed by atoms with E-state index < -0.39 is 6.10 Å². The standard InChI is InChI=1S/C19H20O3/c20-16-11-17(13-18(21)14-7-3-1-4-8-14)22-19(12-16)15-9-5-2-6-10-15/h1-10,16-17,19-20H,11-13H2/t16-,17+,19+/m1/s1. The Morgan fingerprint density at radius 1 is 1.00 bits per heavy atom. The van der Waals surface area contributed by atoms with Crippen LogP contribution in [0.5, 0.6) is 0 Å². The summed E-state index contributed by atoms with van der Waals surface area (Å²) in [5.74, 6) is 0.0616. The van der Waals surface area contributed by atoms with Gasteiger partial charge in [0, 0.05) is 24.8 Å². The first-order valence-corrected chi connectivity index (χ1v) is 7.69. The highest BCUT2D eigenvalue weighted by Gasteiger charge is 2.30. The number of carbonyl (C=O) groups is 1. The molecule has 0 saturated carbocycles. The van der Waals surface area contributed by atoms with E-state index in [9.17, 15) is 9.90 Å². The molecule has 2 aromatic carbocycles. The zero-order chi connectivity index (χ0) is 15.4. The maximum atomic E-state index is 12.3. The van der Waals surface area contributed by atoms with E-state index in [4.69, 9.17) is 4.74 Å². The number of aliphatic hydroxyl groups excluding tert-OH is 1. The average Bonchev–Trinajstić information content (AvgIpc) is 2.56. The molecule has 1 fully saturated rings. The number of ketones is 1. The van der Waals surface area contributed by atoms with Crippen molar-refractivity contribution >= 4 is 5.78 Å². The summed E-state index contributed by atoms with van der Waals surface area (Å²) in [7, 11) is 0. The largest absolute Gasteiger partial charge is 0.393 e. The zero-order valence-corrected chi connectivity index (χ0v) is 12.4. The summed E-state index contributed by atoms with van der Waals surface area (Å²) in [5, 5.41) is 10.1. The van der Waals surface area contributed by atoms with E-state index in [1.165, 1.54) is 0 Å². The highest BCUT2D eigenvalue weighted by molar-refractivity contribution is 5.96. The van der Waals surface area contributed by atoms with Crippen LogP contribution in [0.4, 0.5) is 0 Å². The van der Waals surface area contributed by atoms with Crippen LogP contribution >= 0.6 is 0 Å². The van der Waals surface area contributed by atoms with Crippen LogP contribution < -0.4 is 0 Å². The molecule has 2 aromatic rings. The van der Waals surface area contributed by atoms with Gasteiger partial charge in [0.2, 0.25) is 0 Å². The molecule has 0 aromatic heterocycles. The first kappa shape index (κ1) is 14.9. The molecule has 0 radical (unpaired) electrons. The number of hydrogen-bond acceptors (Lipinski definition) is 3. The first-order valence-electron chi connectivity index (χ1n) is 7.69. The topological polar surface area (TPSA) is 46.5 Å². The van der Waals surface area contributed by atoms with Crippen molar-refractivity contribution in [2.24, 2.45) is 0 Å². The van der Waals surface area contributed by atoms with Crippen molar-refractivity contribution in [2.45, 2.75) is 37.6 Å². The van der Waals surface area contributed by atoms with Crippen LogP contribution in [0.2, 0.25) is 0 Å². The molecule has 0 aliphatic carbocycles. The molecule has 0 spiro atoms. The van der Waals surface area contributed by atoms with Crippen LogP contribution in [0.1, 0.15) is 41.3 Å². The lowest BCUT2D eigenvalue weighted by Crippen LogP contribution is -2.32. The van der Waals surface area contributed by atoms with Gasteiger partial charge in [-0.05, 0) is 5.56 Å². The zero-order valence-electron chi connectivity index (χ0n) is 12.4. The maximum Gasteiger partial charge on any atom is 0.165 e. The van der Waals surface area contributed by atoms with Gasteiger partial charge >= 0.3 is 0 Å². The molecular weight excluding hydrogens is 276 g/mol. The van der Waals surface area contributed by atoms with Gasteiger partial charge in [-0.3, -0.25) is 4.79 Å². The molecule has 1 aliphatic heterocycles. The molecule has 0 unspecified atom stereocenters. The van der Waals surface area contributed by atoms with Crippen molar-refractivity contribution in [3.8, 4) is 0 Å². The molecule has 1 N–H and O–H groups in total. The summed E-state index contributed by atoms with van der Waals surface area (Å²) in [6.45, 7) is 0. The van der Waals surface area contributed by atoms with Crippen molar-refractivity contribution in [1.82, 2.24) is 0 Å². The minimum atomic E-state index is -0.424. The van der Waals surface area contributed by atoms with Gasteiger partial charge in [-0.2, -0.15) is 0 Å². The number of hydrogen-bond donors (Lipinski definition) is 1. The van der Waals surface area contributed by atoms with E-state index in [2.05, 4.69) is 0 Å². The molecule has 0 amide bonds. The van der Waals surface area contributed by atoms with Crippen LogP contribution in [0.25, 0.3) is 0 Å². The molecular formula is C19H20O3. The molecule has 3 atom stereocenters. The van der Waals surface area contributed by atoms with Gasteiger partial charge < -0.3 is 9.84 Å². The Balaban J connectivity index is 1.68. The molecule has 3 heteroatoms. The lowest BCUT2D eigenvalue weighted by atomic mass is 9.93.